The summed E-state index contributed by atoms with van der Waals surface area (Å²) in [6.45, 7) is 0. The number of fused-ring (bicyclic) bond motifs is 6. The van der Waals surface area contributed by atoms with Gasteiger partial charge in [0.15, 0.2) is 0 Å². The Morgan fingerprint density at radius 2 is 0.750 bits per heavy atom. The summed E-state index contributed by atoms with van der Waals surface area (Å²) in [6, 6.07) is 97.6. The minimum atomic E-state index is 1.08. The van der Waals surface area contributed by atoms with Crippen molar-refractivity contribution in [3.63, 3.8) is 0 Å². The summed E-state index contributed by atoms with van der Waals surface area (Å²) in [5.74, 6) is 0. The molecule has 2 heteroatoms. The smallest absolute Gasteiger partial charge is 0.0541 e. The van der Waals surface area contributed by atoms with Crippen LogP contribution in [0.3, 0.4) is 0 Å². The number of benzene rings is 12. The molecule has 12 aromatic carbocycles. The van der Waals surface area contributed by atoms with Gasteiger partial charge in [0.25, 0.3) is 0 Å². The summed E-state index contributed by atoms with van der Waals surface area (Å²) in [4.78, 5) is 2.44. The summed E-state index contributed by atoms with van der Waals surface area (Å²) >= 11 is 0. The Kier molecular flexibility index (Phi) is 9.54. The van der Waals surface area contributed by atoms with Gasteiger partial charge in [-0.3, -0.25) is 0 Å². The lowest BCUT2D eigenvalue weighted by Crippen LogP contribution is -2.11. The van der Waals surface area contributed by atoms with Gasteiger partial charge in [-0.1, -0.05) is 212 Å². The van der Waals surface area contributed by atoms with Crippen molar-refractivity contribution >= 4 is 71.2 Å². The van der Waals surface area contributed by atoms with Gasteiger partial charge in [0.05, 0.1) is 16.7 Å². The lowest BCUT2D eigenvalue weighted by atomic mass is 9.92. The Bertz CT molecular complexity index is 3970. The number of hydrogen-bond donors (Lipinski definition) is 0. The van der Waals surface area contributed by atoms with Crippen LogP contribution in [0.4, 0.5) is 17.1 Å². The molecule has 0 unspecified atom stereocenters. The van der Waals surface area contributed by atoms with Crippen LogP contribution in [0, 0.1) is 0 Å². The summed E-state index contributed by atoms with van der Waals surface area (Å²) in [6.07, 6.45) is 0. The highest BCUT2D eigenvalue weighted by atomic mass is 15.1. The highest BCUT2D eigenvalue weighted by Gasteiger charge is 2.21. The molecule has 0 spiro atoms. The molecule has 0 aliphatic heterocycles. The zero-order valence-corrected chi connectivity index (χ0v) is 37.3. The summed E-state index contributed by atoms with van der Waals surface area (Å²) < 4.78 is 2.41. The number of rotatable bonds is 8. The van der Waals surface area contributed by atoms with Crippen LogP contribution < -0.4 is 4.90 Å². The Hall–Kier alpha value is -8.98. The lowest BCUT2D eigenvalue weighted by Gasteiger charge is -2.28. The molecule has 0 saturated carbocycles. The van der Waals surface area contributed by atoms with E-state index in [0.29, 0.717) is 0 Å². The molecule has 0 amide bonds. The number of para-hydroxylation sites is 2. The molecular weight excluding hydrogens is 821 g/mol. The van der Waals surface area contributed by atoms with Crippen LogP contribution in [0.15, 0.2) is 267 Å². The molecule has 0 aliphatic rings. The number of nitrogens with zero attached hydrogens (tertiary/aromatic N) is 2. The minimum absolute atomic E-state index is 1.08. The number of aromatic nitrogens is 1. The SMILES string of the molecule is c1ccc(-c2cc(-n3c4ccccc4c4ccccc43)ccc2-c2ccc(N(c3cccc(-c4cccc5ccccc45)c3)c3ccc(-c4cccc5ccccc45)c4ccccc34)cc2)cc1. The Morgan fingerprint density at radius 1 is 0.250 bits per heavy atom. The molecule has 0 aliphatic carbocycles. The molecule has 0 N–H and O–H groups in total. The van der Waals surface area contributed by atoms with E-state index >= 15 is 0 Å². The molecule has 0 radical (unpaired) electrons. The topological polar surface area (TPSA) is 8.17 Å². The molecule has 1 aromatic heterocycles. The number of hydrogen-bond acceptors (Lipinski definition) is 1. The second-order valence-electron chi connectivity index (χ2n) is 17.6. The molecule has 2 nitrogen and oxygen atoms in total. The molecule has 1 heterocycles. The first-order valence-electron chi connectivity index (χ1n) is 23.4. The van der Waals surface area contributed by atoms with Crippen molar-refractivity contribution in [3.8, 4) is 50.2 Å². The van der Waals surface area contributed by atoms with Gasteiger partial charge in [-0.05, 0) is 126 Å². The van der Waals surface area contributed by atoms with E-state index in [1.54, 1.807) is 0 Å². The molecule has 13 aromatic rings. The van der Waals surface area contributed by atoms with Crippen LogP contribution in [-0.2, 0) is 0 Å². The Morgan fingerprint density at radius 3 is 1.46 bits per heavy atom. The van der Waals surface area contributed by atoms with E-state index in [9.17, 15) is 0 Å². The normalized spacial score (nSPS) is 11.5. The van der Waals surface area contributed by atoms with Gasteiger partial charge < -0.3 is 9.47 Å². The quantitative estimate of drug-likeness (QED) is 0.148. The van der Waals surface area contributed by atoms with Crippen molar-refractivity contribution in [1.29, 1.82) is 0 Å². The average Bonchev–Trinajstić information content (AvgIpc) is 3.75. The number of anilines is 3. The first kappa shape index (κ1) is 39.4. The highest BCUT2D eigenvalue weighted by molar-refractivity contribution is 6.11. The van der Waals surface area contributed by atoms with Gasteiger partial charge in [0, 0.05) is 33.2 Å². The molecule has 0 fully saturated rings. The van der Waals surface area contributed by atoms with Crippen molar-refractivity contribution in [3.05, 3.63) is 267 Å². The van der Waals surface area contributed by atoms with Crippen molar-refractivity contribution in [2.45, 2.75) is 0 Å². The van der Waals surface area contributed by atoms with Crippen LogP contribution in [0.2, 0.25) is 0 Å². The van der Waals surface area contributed by atoms with E-state index in [1.807, 2.05) is 0 Å². The molecule has 0 atom stereocenters. The lowest BCUT2D eigenvalue weighted by molar-refractivity contribution is 1.18. The fourth-order valence-corrected chi connectivity index (χ4v) is 10.7. The Labute approximate surface area is 395 Å². The van der Waals surface area contributed by atoms with E-state index in [-0.39, 0.29) is 0 Å². The Balaban J connectivity index is 0.980. The third-order valence-electron chi connectivity index (χ3n) is 13.8. The predicted molar refractivity (Wildman–Crippen MR) is 290 cm³/mol. The van der Waals surface area contributed by atoms with Gasteiger partial charge in [-0.25, -0.2) is 0 Å². The first-order valence-corrected chi connectivity index (χ1v) is 23.4. The molecule has 13 rings (SSSR count). The maximum absolute atomic E-state index is 2.44. The van der Waals surface area contributed by atoms with Crippen molar-refractivity contribution in [2.75, 3.05) is 4.90 Å². The molecular formula is C66H44N2. The third-order valence-corrected chi connectivity index (χ3v) is 13.8. The van der Waals surface area contributed by atoms with Crippen molar-refractivity contribution in [2.24, 2.45) is 0 Å². The molecule has 0 bridgehead atoms. The minimum Gasteiger partial charge on any atom is -0.310 e. The summed E-state index contributed by atoms with van der Waals surface area (Å²) in [5, 5.41) is 9.87. The van der Waals surface area contributed by atoms with Crippen LogP contribution in [-0.4, -0.2) is 4.57 Å². The molecule has 0 saturated heterocycles. The second kappa shape index (κ2) is 16.5. The van der Waals surface area contributed by atoms with Crippen LogP contribution in [0.5, 0.6) is 0 Å². The fraction of sp³-hybridized carbons (Fsp3) is 0. The van der Waals surface area contributed by atoms with E-state index in [2.05, 4.69) is 276 Å². The second-order valence-corrected chi connectivity index (χ2v) is 17.6. The van der Waals surface area contributed by atoms with E-state index < -0.39 is 0 Å². The van der Waals surface area contributed by atoms with Crippen molar-refractivity contribution in [1.82, 2.24) is 4.57 Å². The highest BCUT2D eigenvalue weighted by Crippen LogP contribution is 2.45. The fourth-order valence-electron chi connectivity index (χ4n) is 10.7. The van der Waals surface area contributed by atoms with Gasteiger partial charge in [0.2, 0.25) is 0 Å². The monoisotopic (exact) mass is 864 g/mol. The largest absolute Gasteiger partial charge is 0.310 e. The van der Waals surface area contributed by atoms with Crippen molar-refractivity contribution < 1.29 is 0 Å². The van der Waals surface area contributed by atoms with Gasteiger partial charge in [0.1, 0.15) is 0 Å². The van der Waals surface area contributed by atoms with Crippen LogP contribution in [0.1, 0.15) is 0 Å². The van der Waals surface area contributed by atoms with E-state index in [0.717, 1.165) is 28.3 Å². The predicted octanol–water partition coefficient (Wildman–Crippen LogP) is 18.4. The van der Waals surface area contributed by atoms with E-state index in [1.165, 1.54) is 93.1 Å². The summed E-state index contributed by atoms with van der Waals surface area (Å²) in [5.41, 5.74) is 16.4. The maximum atomic E-state index is 2.44. The summed E-state index contributed by atoms with van der Waals surface area (Å²) in [7, 11) is 0. The molecule has 68 heavy (non-hydrogen) atoms. The average molecular weight is 865 g/mol. The van der Waals surface area contributed by atoms with E-state index in [4.69, 9.17) is 0 Å². The first-order chi connectivity index (χ1) is 33.7. The van der Waals surface area contributed by atoms with Crippen LogP contribution >= 0.6 is 0 Å². The van der Waals surface area contributed by atoms with Crippen LogP contribution in [0.25, 0.3) is 104 Å². The maximum Gasteiger partial charge on any atom is 0.0541 e. The van der Waals surface area contributed by atoms with Gasteiger partial charge in [-0.2, -0.15) is 0 Å². The zero-order valence-electron chi connectivity index (χ0n) is 37.3. The van der Waals surface area contributed by atoms with Gasteiger partial charge in [-0.15, -0.1) is 0 Å². The third kappa shape index (κ3) is 6.65. The van der Waals surface area contributed by atoms with Gasteiger partial charge >= 0.3 is 0 Å². The zero-order chi connectivity index (χ0) is 45.0. The molecule has 318 valence electrons. The standard InChI is InChI=1S/C66H44N2/c1-2-17-47(18-3-1)63-44-52(68-64-33-12-10-29-61(64)62-30-11-13-34-65(62)68)39-40-56(63)48-35-37-50(38-36-48)67(51-24-14-23-49(43-51)55-31-15-21-45-19-4-6-25-53(45)55)66-42-41-59(58-27-8-9-28-60(58)66)57-32-16-22-46-20-5-7-26-54(46)57/h1-44H.